The van der Waals surface area contributed by atoms with Crippen molar-refractivity contribution >= 4 is 0 Å². The zero-order valence-corrected chi connectivity index (χ0v) is 15.7. The Balaban J connectivity index is 1.56. The van der Waals surface area contributed by atoms with Crippen LogP contribution in [0.25, 0.3) is 0 Å². The molecule has 1 aliphatic heterocycles. The molecule has 4 nitrogen and oxygen atoms in total. The monoisotopic (exact) mass is 336 g/mol. The Morgan fingerprint density at radius 3 is 2.38 bits per heavy atom. The van der Waals surface area contributed by atoms with Crippen molar-refractivity contribution in [3.63, 3.8) is 0 Å². The van der Waals surface area contributed by atoms with Gasteiger partial charge >= 0.3 is 0 Å². The summed E-state index contributed by atoms with van der Waals surface area (Å²) in [5.74, 6) is 1.53. The normalized spacial score (nSPS) is 25.4. The molecule has 1 unspecified atom stereocenters. The topological polar surface area (TPSA) is 32.1 Å². The quantitative estimate of drug-likeness (QED) is 0.702. The van der Waals surface area contributed by atoms with E-state index in [2.05, 4.69) is 52.0 Å². The van der Waals surface area contributed by atoms with Gasteiger partial charge in [0.2, 0.25) is 0 Å². The molecule has 1 aromatic carbocycles. The number of ether oxygens (including phenoxy) is 3. The van der Waals surface area contributed by atoms with Crippen LogP contribution in [0.4, 0.5) is 0 Å². The maximum absolute atomic E-state index is 5.76. The third-order valence-corrected chi connectivity index (χ3v) is 4.77. The van der Waals surface area contributed by atoms with Crippen molar-refractivity contribution in [3.05, 3.63) is 29.8 Å². The van der Waals surface area contributed by atoms with Crippen molar-refractivity contribution in [2.45, 2.75) is 52.2 Å². The zero-order chi connectivity index (χ0) is 17.4. The summed E-state index contributed by atoms with van der Waals surface area (Å²) in [7, 11) is 0. The summed E-state index contributed by atoms with van der Waals surface area (Å²) in [4.78, 5) is 1.57. The van der Waals surface area contributed by atoms with E-state index in [4.69, 9.17) is 14.2 Å². The molecular weight excluding hydrogens is 302 g/mol. The van der Waals surface area contributed by atoms with Crippen LogP contribution in [-0.4, -0.2) is 51.7 Å². The molecule has 1 fully saturated rings. The molecule has 1 N–H and O–H groups in total. The Labute approximate surface area is 147 Å². The maximum Gasteiger partial charge on any atom is 0.119 e. The molecule has 1 aliphatic rings. The van der Waals surface area contributed by atoms with Gasteiger partial charge in [0.1, 0.15) is 44.2 Å². The minimum atomic E-state index is 0.352. The highest BCUT2D eigenvalue weighted by molar-refractivity contribution is 5.29. The second-order valence-corrected chi connectivity index (χ2v) is 7.00. The standard InChI is InChI=1S/C20H33NO3/c1-5-16(2)19-6-8-20(9-7-19)23-13-12-22-11-10-21-14-17(3)24-18(4)15-21/h6-9,16-18H,5,10-15H2,1-4H3/p+1/t16-,17-,18+/m1/s1. The Morgan fingerprint density at radius 1 is 1.08 bits per heavy atom. The number of hydrogen-bond acceptors (Lipinski definition) is 3. The lowest BCUT2D eigenvalue weighted by Crippen LogP contribution is -3.15. The molecule has 0 aliphatic carbocycles. The Kier molecular flexibility index (Phi) is 8.03. The van der Waals surface area contributed by atoms with E-state index >= 15 is 0 Å². The van der Waals surface area contributed by atoms with Crippen LogP contribution in [0.15, 0.2) is 24.3 Å². The van der Waals surface area contributed by atoms with Gasteiger partial charge in [-0.2, -0.15) is 0 Å². The van der Waals surface area contributed by atoms with Gasteiger partial charge in [-0.05, 0) is 43.9 Å². The molecule has 0 saturated carbocycles. The molecule has 0 bridgehead atoms. The molecule has 4 heteroatoms. The second-order valence-electron chi connectivity index (χ2n) is 7.00. The molecule has 1 saturated heterocycles. The molecule has 0 amide bonds. The second kappa shape index (κ2) is 10.0. The molecule has 24 heavy (non-hydrogen) atoms. The fraction of sp³-hybridized carbons (Fsp3) is 0.700. The van der Waals surface area contributed by atoms with Crippen molar-refractivity contribution in [3.8, 4) is 5.75 Å². The average molecular weight is 336 g/mol. The molecule has 1 heterocycles. The smallest absolute Gasteiger partial charge is 0.119 e. The van der Waals surface area contributed by atoms with E-state index in [-0.39, 0.29) is 0 Å². The van der Waals surface area contributed by atoms with E-state index in [1.54, 1.807) is 4.90 Å². The van der Waals surface area contributed by atoms with Crippen molar-refractivity contribution in [2.24, 2.45) is 0 Å². The summed E-state index contributed by atoms with van der Waals surface area (Å²) in [6.45, 7) is 14.0. The highest BCUT2D eigenvalue weighted by Crippen LogP contribution is 2.21. The van der Waals surface area contributed by atoms with Crippen LogP contribution < -0.4 is 9.64 Å². The van der Waals surface area contributed by atoms with Crippen LogP contribution in [-0.2, 0) is 9.47 Å². The summed E-state index contributed by atoms with van der Waals surface area (Å²) < 4.78 is 17.2. The first-order chi connectivity index (χ1) is 11.6. The van der Waals surface area contributed by atoms with Gasteiger partial charge < -0.3 is 19.1 Å². The first kappa shape index (κ1) is 19.2. The van der Waals surface area contributed by atoms with E-state index in [0.717, 1.165) is 38.4 Å². The summed E-state index contributed by atoms with van der Waals surface area (Å²) in [6.07, 6.45) is 1.87. The van der Waals surface area contributed by atoms with Crippen molar-refractivity contribution in [1.29, 1.82) is 0 Å². The van der Waals surface area contributed by atoms with Crippen LogP contribution in [0.5, 0.6) is 5.75 Å². The molecule has 0 aromatic heterocycles. The van der Waals surface area contributed by atoms with Crippen LogP contribution in [0, 0.1) is 0 Å². The van der Waals surface area contributed by atoms with E-state index in [0.29, 0.717) is 31.3 Å². The molecule has 2 rings (SSSR count). The number of rotatable bonds is 9. The van der Waals surface area contributed by atoms with Crippen LogP contribution in [0.1, 0.15) is 45.6 Å². The van der Waals surface area contributed by atoms with Gasteiger partial charge in [0.15, 0.2) is 0 Å². The minimum Gasteiger partial charge on any atom is -0.491 e. The van der Waals surface area contributed by atoms with Crippen molar-refractivity contribution in [2.75, 3.05) is 39.5 Å². The summed E-state index contributed by atoms with van der Waals surface area (Å²) in [6, 6.07) is 8.44. The molecule has 0 radical (unpaired) electrons. The predicted octanol–water partition coefficient (Wildman–Crippen LogP) is 2.29. The van der Waals surface area contributed by atoms with Crippen molar-refractivity contribution < 1.29 is 19.1 Å². The van der Waals surface area contributed by atoms with Gasteiger partial charge in [0.25, 0.3) is 0 Å². The highest BCUT2D eigenvalue weighted by atomic mass is 16.5. The van der Waals surface area contributed by atoms with Gasteiger partial charge in [-0.25, -0.2) is 0 Å². The van der Waals surface area contributed by atoms with Crippen LogP contribution in [0.3, 0.4) is 0 Å². The average Bonchev–Trinajstić information content (AvgIpc) is 2.57. The van der Waals surface area contributed by atoms with Crippen LogP contribution in [0.2, 0.25) is 0 Å². The maximum atomic E-state index is 5.76. The SMILES string of the molecule is CC[C@@H](C)c1ccc(OCCOCC[NH+]2C[C@@H](C)O[C@@H](C)C2)cc1. The Morgan fingerprint density at radius 2 is 1.75 bits per heavy atom. The van der Waals surface area contributed by atoms with E-state index in [1.807, 2.05) is 0 Å². The number of quaternary nitrogens is 1. The van der Waals surface area contributed by atoms with Gasteiger partial charge in [-0.15, -0.1) is 0 Å². The van der Waals surface area contributed by atoms with Crippen LogP contribution >= 0.6 is 0 Å². The van der Waals surface area contributed by atoms with Crippen molar-refractivity contribution in [1.82, 2.24) is 0 Å². The number of hydrogen-bond donors (Lipinski definition) is 1. The summed E-state index contributed by atoms with van der Waals surface area (Å²) in [5.41, 5.74) is 1.37. The predicted molar refractivity (Wildman–Crippen MR) is 97.0 cm³/mol. The number of morpholine rings is 1. The Bertz CT molecular complexity index is 452. The molecule has 4 atom stereocenters. The minimum absolute atomic E-state index is 0.352. The molecule has 0 spiro atoms. The molecule has 136 valence electrons. The first-order valence-corrected chi connectivity index (χ1v) is 9.38. The zero-order valence-electron chi connectivity index (χ0n) is 15.7. The van der Waals surface area contributed by atoms with Gasteiger partial charge in [0.05, 0.1) is 13.2 Å². The fourth-order valence-electron chi connectivity index (χ4n) is 3.26. The fourth-order valence-corrected chi connectivity index (χ4v) is 3.26. The van der Waals surface area contributed by atoms with Gasteiger partial charge in [0, 0.05) is 0 Å². The lowest BCUT2D eigenvalue weighted by molar-refractivity contribution is -0.915. The lowest BCUT2D eigenvalue weighted by Gasteiger charge is -2.32. The highest BCUT2D eigenvalue weighted by Gasteiger charge is 2.24. The van der Waals surface area contributed by atoms with E-state index < -0.39 is 0 Å². The molecular formula is C20H34NO3+. The third kappa shape index (κ3) is 6.42. The summed E-state index contributed by atoms with van der Waals surface area (Å²) >= 11 is 0. The Hall–Kier alpha value is -1.10. The lowest BCUT2D eigenvalue weighted by atomic mass is 9.99. The largest absolute Gasteiger partial charge is 0.491 e. The van der Waals surface area contributed by atoms with Gasteiger partial charge in [-0.1, -0.05) is 26.0 Å². The number of nitrogens with one attached hydrogen (secondary N) is 1. The van der Waals surface area contributed by atoms with E-state index in [1.165, 1.54) is 5.56 Å². The third-order valence-electron chi connectivity index (χ3n) is 4.77. The first-order valence-electron chi connectivity index (χ1n) is 9.38. The molecule has 1 aromatic rings. The van der Waals surface area contributed by atoms with Gasteiger partial charge in [-0.3, -0.25) is 0 Å². The number of benzene rings is 1. The van der Waals surface area contributed by atoms with E-state index in [9.17, 15) is 0 Å². The summed E-state index contributed by atoms with van der Waals surface area (Å²) in [5, 5.41) is 0.